The third-order valence-corrected chi connectivity index (χ3v) is 3.18. The number of urea groups is 1. The summed E-state index contributed by atoms with van der Waals surface area (Å²) in [6.07, 6.45) is 0. The first-order valence-corrected chi connectivity index (χ1v) is 6.42. The van der Waals surface area contributed by atoms with E-state index in [1.807, 2.05) is 60.8 Å². The molecule has 0 saturated carbocycles. The molecule has 0 aliphatic rings. The van der Waals surface area contributed by atoms with Gasteiger partial charge >= 0.3 is 6.03 Å². The summed E-state index contributed by atoms with van der Waals surface area (Å²) in [7, 11) is 3.96. The number of hydrogen-bond acceptors (Lipinski definition) is 3. The summed E-state index contributed by atoms with van der Waals surface area (Å²) in [6, 6.07) is 11.2. The van der Waals surface area contributed by atoms with Gasteiger partial charge in [0.15, 0.2) is 0 Å². The lowest BCUT2D eigenvalue weighted by Gasteiger charge is -2.13. The van der Waals surface area contributed by atoms with Crippen molar-refractivity contribution in [1.29, 1.82) is 0 Å². The molecular formula is C13H15N3OS. The lowest BCUT2D eigenvalue weighted by atomic mass is 10.2. The molecule has 2 amide bonds. The molecule has 0 fully saturated rings. The van der Waals surface area contributed by atoms with Gasteiger partial charge in [-0.1, -0.05) is 0 Å². The molecule has 0 aliphatic carbocycles. The zero-order valence-electron chi connectivity index (χ0n) is 10.3. The first-order chi connectivity index (χ1) is 8.65. The van der Waals surface area contributed by atoms with Crippen molar-refractivity contribution >= 4 is 33.7 Å². The van der Waals surface area contributed by atoms with Crippen LogP contribution in [-0.2, 0) is 0 Å². The minimum atomic E-state index is -0.227. The van der Waals surface area contributed by atoms with Gasteiger partial charge in [0.05, 0.1) is 5.00 Å². The summed E-state index contributed by atoms with van der Waals surface area (Å²) >= 11 is 1.49. The quantitative estimate of drug-likeness (QED) is 0.888. The lowest BCUT2D eigenvalue weighted by molar-refractivity contribution is 0.262. The second-order valence-corrected chi connectivity index (χ2v) is 4.95. The van der Waals surface area contributed by atoms with E-state index in [1.165, 1.54) is 11.3 Å². The summed E-state index contributed by atoms with van der Waals surface area (Å²) in [5.41, 5.74) is 1.87. The van der Waals surface area contributed by atoms with Gasteiger partial charge in [0.1, 0.15) is 0 Å². The van der Waals surface area contributed by atoms with Crippen molar-refractivity contribution in [3.05, 3.63) is 41.8 Å². The van der Waals surface area contributed by atoms with Crippen LogP contribution in [0.1, 0.15) is 0 Å². The molecular weight excluding hydrogens is 246 g/mol. The van der Waals surface area contributed by atoms with Crippen molar-refractivity contribution in [2.24, 2.45) is 0 Å². The van der Waals surface area contributed by atoms with Gasteiger partial charge in [-0.05, 0) is 41.8 Å². The molecule has 0 saturated heterocycles. The Morgan fingerprint density at radius 2 is 1.83 bits per heavy atom. The van der Waals surface area contributed by atoms with Gasteiger partial charge in [-0.3, -0.25) is 5.32 Å². The molecule has 1 aromatic heterocycles. The molecule has 18 heavy (non-hydrogen) atoms. The average molecular weight is 261 g/mol. The number of benzene rings is 1. The fourth-order valence-electron chi connectivity index (χ4n) is 1.47. The Hall–Kier alpha value is -2.01. The molecule has 0 radical (unpaired) electrons. The van der Waals surface area contributed by atoms with E-state index in [4.69, 9.17) is 0 Å². The molecule has 2 N–H and O–H groups in total. The highest BCUT2D eigenvalue weighted by Crippen LogP contribution is 2.17. The summed E-state index contributed by atoms with van der Waals surface area (Å²) in [4.78, 5) is 13.7. The van der Waals surface area contributed by atoms with Crippen LogP contribution in [-0.4, -0.2) is 20.1 Å². The monoisotopic (exact) mass is 261 g/mol. The number of hydrogen-bond donors (Lipinski definition) is 2. The second-order valence-electron chi connectivity index (χ2n) is 4.00. The first-order valence-electron chi connectivity index (χ1n) is 5.54. The maximum atomic E-state index is 11.7. The Kier molecular flexibility index (Phi) is 3.84. The molecule has 0 spiro atoms. The van der Waals surface area contributed by atoms with Crippen molar-refractivity contribution in [3.63, 3.8) is 0 Å². The Labute approximate surface area is 110 Å². The number of rotatable bonds is 3. The van der Waals surface area contributed by atoms with Crippen LogP contribution in [0.4, 0.5) is 21.2 Å². The van der Waals surface area contributed by atoms with Crippen LogP contribution in [0.3, 0.4) is 0 Å². The number of amides is 2. The number of anilines is 3. The van der Waals surface area contributed by atoms with Crippen LogP contribution in [0.5, 0.6) is 0 Å². The van der Waals surface area contributed by atoms with E-state index < -0.39 is 0 Å². The molecule has 1 aromatic carbocycles. The molecule has 5 heteroatoms. The number of thiophene rings is 1. The molecule has 94 valence electrons. The summed E-state index contributed by atoms with van der Waals surface area (Å²) in [5, 5.41) is 8.30. The van der Waals surface area contributed by atoms with Crippen LogP contribution in [0.15, 0.2) is 41.8 Å². The van der Waals surface area contributed by atoms with Crippen molar-refractivity contribution in [1.82, 2.24) is 0 Å². The van der Waals surface area contributed by atoms with Crippen molar-refractivity contribution in [2.45, 2.75) is 0 Å². The largest absolute Gasteiger partial charge is 0.378 e. The van der Waals surface area contributed by atoms with Gasteiger partial charge in [0, 0.05) is 25.5 Å². The fraction of sp³-hybridized carbons (Fsp3) is 0.154. The summed E-state index contributed by atoms with van der Waals surface area (Å²) in [5.74, 6) is 0. The number of carbonyl (C=O) groups is 1. The maximum Gasteiger partial charge on any atom is 0.324 e. The predicted octanol–water partition coefficient (Wildman–Crippen LogP) is 3.46. The Morgan fingerprint density at radius 3 is 2.39 bits per heavy atom. The van der Waals surface area contributed by atoms with Crippen molar-refractivity contribution in [2.75, 3.05) is 29.6 Å². The number of carbonyl (C=O) groups excluding carboxylic acids is 1. The third-order valence-electron chi connectivity index (χ3n) is 2.40. The SMILES string of the molecule is CN(C)c1ccc(NC(=O)Nc2cccs2)cc1. The molecule has 4 nitrogen and oxygen atoms in total. The fourth-order valence-corrected chi connectivity index (χ4v) is 2.08. The van der Waals surface area contributed by atoms with Crippen LogP contribution >= 0.6 is 11.3 Å². The van der Waals surface area contributed by atoms with E-state index in [0.717, 1.165) is 16.4 Å². The molecule has 0 unspecified atom stereocenters. The van der Waals surface area contributed by atoms with E-state index in [9.17, 15) is 4.79 Å². The van der Waals surface area contributed by atoms with Gasteiger partial charge in [0.2, 0.25) is 0 Å². The average Bonchev–Trinajstić information content (AvgIpc) is 2.82. The van der Waals surface area contributed by atoms with Crippen molar-refractivity contribution in [3.8, 4) is 0 Å². The molecule has 0 aliphatic heterocycles. The van der Waals surface area contributed by atoms with Crippen molar-refractivity contribution < 1.29 is 4.79 Å². The van der Waals surface area contributed by atoms with Gasteiger partial charge in [-0.25, -0.2) is 4.79 Å². The van der Waals surface area contributed by atoms with E-state index >= 15 is 0 Å². The Bertz CT molecular complexity index is 506. The van der Waals surface area contributed by atoms with Gasteiger partial charge in [-0.15, -0.1) is 11.3 Å². The minimum absolute atomic E-state index is 0.227. The van der Waals surface area contributed by atoms with Gasteiger partial charge in [-0.2, -0.15) is 0 Å². The molecule has 2 rings (SSSR count). The summed E-state index contributed by atoms with van der Waals surface area (Å²) in [6.45, 7) is 0. The van der Waals surface area contributed by atoms with Crippen LogP contribution in [0, 0.1) is 0 Å². The first kappa shape index (κ1) is 12.4. The van der Waals surface area contributed by atoms with E-state index in [0.29, 0.717) is 0 Å². The molecule has 1 heterocycles. The van der Waals surface area contributed by atoms with E-state index in [1.54, 1.807) is 0 Å². The third kappa shape index (κ3) is 3.24. The minimum Gasteiger partial charge on any atom is -0.378 e. The maximum absolute atomic E-state index is 11.7. The molecule has 0 atom stereocenters. The highest BCUT2D eigenvalue weighted by atomic mass is 32.1. The zero-order valence-corrected chi connectivity index (χ0v) is 11.1. The van der Waals surface area contributed by atoms with E-state index in [-0.39, 0.29) is 6.03 Å². The van der Waals surface area contributed by atoms with E-state index in [2.05, 4.69) is 10.6 Å². The summed E-state index contributed by atoms with van der Waals surface area (Å²) < 4.78 is 0. The van der Waals surface area contributed by atoms with Gasteiger partial charge in [0.25, 0.3) is 0 Å². The zero-order chi connectivity index (χ0) is 13.0. The molecule has 2 aromatic rings. The Morgan fingerprint density at radius 1 is 1.11 bits per heavy atom. The number of nitrogens with zero attached hydrogens (tertiary/aromatic N) is 1. The van der Waals surface area contributed by atoms with Gasteiger partial charge < -0.3 is 10.2 Å². The predicted molar refractivity (Wildman–Crippen MR) is 77.7 cm³/mol. The van der Waals surface area contributed by atoms with Crippen LogP contribution < -0.4 is 15.5 Å². The lowest BCUT2D eigenvalue weighted by Crippen LogP contribution is -2.18. The second kappa shape index (κ2) is 5.55. The molecule has 0 bridgehead atoms. The smallest absolute Gasteiger partial charge is 0.324 e. The normalized spacial score (nSPS) is 9.89. The highest BCUT2D eigenvalue weighted by Gasteiger charge is 2.03. The topological polar surface area (TPSA) is 44.4 Å². The number of nitrogens with one attached hydrogen (secondary N) is 2. The standard InChI is InChI=1S/C13H15N3OS/c1-16(2)11-7-5-10(6-8-11)14-13(17)15-12-4-3-9-18-12/h3-9H,1-2H3,(H2,14,15,17). The van der Waals surface area contributed by atoms with Crippen LogP contribution in [0.2, 0.25) is 0 Å². The highest BCUT2D eigenvalue weighted by molar-refractivity contribution is 7.14. The van der Waals surface area contributed by atoms with Crippen LogP contribution in [0.25, 0.3) is 0 Å². The Balaban J connectivity index is 1.95.